The van der Waals surface area contributed by atoms with Gasteiger partial charge in [0.1, 0.15) is 11.6 Å². The highest BCUT2D eigenvalue weighted by atomic mass is 16.5. The van der Waals surface area contributed by atoms with E-state index in [0.717, 1.165) is 0 Å². The van der Waals surface area contributed by atoms with E-state index in [1.165, 1.54) is 27.5 Å². The van der Waals surface area contributed by atoms with Gasteiger partial charge in [0.25, 0.3) is 5.91 Å². The molecule has 3 rings (SSSR count). The van der Waals surface area contributed by atoms with Crippen LogP contribution in [0, 0.1) is 6.92 Å². The number of aryl methyl sites for hydroxylation is 1. The van der Waals surface area contributed by atoms with Crippen LogP contribution in [0.1, 0.15) is 16.1 Å². The first-order valence-electron chi connectivity index (χ1n) is 8.31. The normalized spacial score (nSPS) is 10.3. The van der Waals surface area contributed by atoms with Crippen molar-refractivity contribution >= 4 is 23.2 Å². The molecule has 0 unspecified atom stereocenters. The lowest BCUT2D eigenvalue weighted by molar-refractivity contribution is 0.102. The Morgan fingerprint density at radius 3 is 2.29 bits per heavy atom. The number of hydrogen-bond acceptors (Lipinski definition) is 8. The maximum absolute atomic E-state index is 12.4. The smallest absolute Gasteiger partial charge is 0.257 e. The summed E-state index contributed by atoms with van der Waals surface area (Å²) in [6.45, 7) is 1.74. The summed E-state index contributed by atoms with van der Waals surface area (Å²) in [5, 5.41) is 9.54. The predicted molar refractivity (Wildman–Crippen MR) is 103 cm³/mol. The largest absolute Gasteiger partial charge is 0.493 e. The number of pyridine rings is 1. The monoisotopic (exact) mass is 384 g/mol. The molecule has 3 aromatic rings. The first-order valence-corrected chi connectivity index (χ1v) is 8.31. The average Bonchev–Trinajstić information content (AvgIpc) is 3.11. The Bertz CT molecular complexity index is 961. The molecule has 28 heavy (non-hydrogen) atoms. The highest BCUT2D eigenvalue weighted by Crippen LogP contribution is 2.40. The van der Waals surface area contributed by atoms with Gasteiger partial charge in [0.05, 0.1) is 21.3 Å². The van der Waals surface area contributed by atoms with Crippen LogP contribution in [-0.2, 0) is 0 Å². The number of aromatic nitrogens is 2. The van der Waals surface area contributed by atoms with E-state index in [2.05, 4.69) is 20.8 Å². The zero-order valence-electron chi connectivity index (χ0n) is 15.9. The third kappa shape index (κ3) is 4.14. The van der Waals surface area contributed by atoms with Crippen molar-refractivity contribution in [1.82, 2.24) is 10.1 Å². The lowest BCUT2D eigenvalue weighted by Gasteiger charge is -2.15. The molecule has 0 saturated heterocycles. The molecule has 0 aliphatic rings. The number of carbonyl (C=O) groups excluding carboxylic acids is 1. The molecule has 2 aromatic heterocycles. The van der Waals surface area contributed by atoms with Crippen LogP contribution in [0.2, 0.25) is 0 Å². The first kappa shape index (κ1) is 19.0. The summed E-state index contributed by atoms with van der Waals surface area (Å²) in [5.41, 5.74) is 1.07. The molecule has 0 radical (unpaired) electrons. The van der Waals surface area contributed by atoms with E-state index in [1.807, 2.05) is 0 Å². The molecule has 2 heterocycles. The molecule has 9 heteroatoms. The lowest BCUT2D eigenvalue weighted by Crippen LogP contribution is -2.12. The van der Waals surface area contributed by atoms with Crippen molar-refractivity contribution in [2.75, 3.05) is 32.0 Å². The topological polar surface area (TPSA) is 108 Å². The molecular formula is C19H20N4O5. The Morgan fingerprint density at radius 2 is 1.71 bits per heavy atom. The number of anilines is 3. The van der Waals surface area contributed by atoms with Crippen LogP contribution < -0.4 is 24.8 Å². The SMILES string of the molecule is COc1cc(Nc2cc(C(=O)Nc3cc(C)on3)ccn2)cc(OC)c1OC. The van der Waals surface area contributed by atoms with Gasteiger partial charge in [0.15, 0.2) is 17.3 Å². The predicted octanol–water partition coefficient (Wildman–Crippen LogP) is 3.40. The molecule has 0 atom stereocenters. The van der Waals surface area contributed by atoms with Gasteiger partial charge in [-0.05, 0) is 19.1 Å². The van der Waals surface area contributed by atoms with Crippen LogP contribution in [0.15, 0.2) is 41.1 Å². The van der Waals surface area contributed by atoms with Crippen molar-refractivity contribution in [2.24, 2.45) is 0 Å². The minimum atomic E-state index is -0.330. The molecule has 9 nitrogen and oxygen atoms in total. The number of ether oxygens (including phenoxy) is 3. The third-order valence-electron chi connectivity index (χ3n) is 3.83. The van der Waals surface area contributed by atoms with Crippen molar-refractivity contribution in [3.63, 3.8) is 0 Å². The van der Waals surface area contributed by atoms with E-state index in [9.17, 15) is 4.79 Å². The quantitative estimate of drug-likeness (QED) is 0.638. The summed E-state index contributed by atoms with van der Waals surface area (Å²) in [4.78, 5) is 16.7. The second kappa shape index (κ2) is 8.30. The van der Waals surface area contributed by atoms with Crippen LogP contribution in [0.3, 0.4) is 0 Å². The number of amides is 1. The van der Waals surface area contributed by atoms with Crippen LogP contribution in [0.25, 0.3) is 0 Å². The number of rotatable bonds is 7. The van der Waals surface area contributed by atoms with Crippen molar-refractivity contribution in [3.05, 3.63) is 47.9 Å². The van der Waals surface area contributed by atoms with E-state index in [-0.39, 0.29) is 5.91 Å². The van der Waals surface area contributed by atoms with Gasteiger partial charge in [-0.15, -0.1) is 0 Å². The van der Waals surface area contributed by atoms with Crippen molar-refractivity contribution in [3.8, 4) is 17.2 Å². The molecule has 0 bridgehead atoms. The molecule has 2 N–H and O–H groups in total. The highest BCUT2D eigenvalue weighted by molar-refractivity contribution is 6.04. The molecular weight excluding hydrogens is 364 g/mol. The summed E-state index contributed by atoms with van der Waals surface area (Å²) in [6, 6.07) is 8.34. The average molecular weight is 384 g/mol. The van der Waals surface area contributed by atoms with Crippen molar-refractivity contribution in [2.45, 2.75) is 6.92 Å². The van der Waals surface area contributed by atoms with E-state index < -0.39 is 0 Å². The van der Waals surface area contributed by atoms with Gasteiger partial charge in [-0.3, -0.25) is 4.79 Å². The maximum Gasteiger partial charge on any atom is 0.257 e. The Hall–Kier alpha value is -3.75. The van der Waals surface area contributed by atoms with Gasteiger partial charge in [-0.25, -0.2) is 4.98 Å². The number of carbonyl (C=O) groups is 1. The fraction of sp³-hybridized carbons (Fsp3) is 0.211. The van der Waals surface area contributed by atoms with Crippen molar-refractivity contribution in [1.29, 1.82) is 0 Å². The summed E-state index contributed by atoms with van der Waals surface area (Å²) in [5.74, 6) is 2.58. The van der Waals surface area contributed by atoms with E-state index in [0.29, 0.717) is 45.9 Å². The molecule has 0 aliphatic carbocycles. The lowest BCUT2D eigenvalue weighted by atomic mass is 10.2. The Morgan fingerprint density at radius 1 is 1.00 bits per heavy atom. The number of methoxy groups -OCH3 is 3. The van der Waals surface area contributed by atoms with Crippen LogP contribution >= 0.6 is 0 Å². The molecule has 146 valence electrons. The van der Waals surface area contributed by atoms with Crippen LogP contribution in [-0.4, -0.2) is 37.4 Å². The second-order valence-electron chi connectivity index (χ2n) is 5.75. The molecule has 1 aromatic carbocycles. The fourth-order valence-corrected chi connectivity index (χ4v) is 2.56. The number of nitrogens with zero attached hydrogens (tertiary/aromatic N) is 2. The Balaban J connectivity index is 1.82. The van der Waals surface area contributed by atoms with Gasteiger partial charge in [0, 0.05) is 35.6 Å². The number of hydrogen-bond donors (Lipinski definition) is 2. The minimum absolute atomic E-state index is 0.330. The molecule has 0 fully saturated rings. The zero-order chi connectivity index (χ0) is 20.1. The van der Waals surface area contributed by atoms with Gasteiger partial charge in [-0.1, -0.05) is 5.16 Å². The molecule has 0 saturated carbocycles. The summed E-state index contributed by atoms with van der Waals surface area (Å²) < 4.78 is 20.9. The standard InChI is InChI=1S/C19H20N4O5/c1-11-7-17(23-28-11)22-19(24)12-5-6-20-16(8-12)21-13-9-14(25-2)18(27-4)15(10-13)26-3/h5-10H,1-4H3,(H,20,21)(H,22,23,24). The maximum atomic E-state index is 12.4. The summed E-state index contributed by atoms with van der Waals surface area (Å²) >= 11 is 0. The zero-order valence-corrected chi connectivity index (χ0v) is 15.9. The number of benzene rings is 1. The third-order valence-corrected chi connectivity index (χ3v) is 3.83. The van der Waals surface area contributed by atoms with E-state index in [4.69, 9.17) is 18.7 Å². The second-order valence-corrected chi connectivity index (χ2v) is 5.75. The van der Waals surface area contributed by atoms with Gasteiger partial charge in [-0.2, -0.15) is 0 Å². The minimum Gasteiger partial charge on any atom is -0.493 e. The Kier molecular flexibility index (Phi) is 5.64. The first-order chi connectivity index (χ1) is 13.5. The van der Waals surface area contributed by atoms with Gasteiger partial charge >= 0.3 is 0 Å². The molecule has 1 amide bonds. The van der Waals surface area contributed by atoms with E-state index in [1.54, 1.807) is 37.3 Å². The van der Waals surface area contributed by atoms with Crippen LogP contribution in [0.4, 0.5) is 17.3 Å². The summed E-state index contributed by atoms with van der Waals surface area (Å²) in [7, 11) is 4.61. The van der Waals surface area contributed by atoms with Gasteiger partial charge < -0.3 is 29.4 Å². The molecule has 0 aliphatic heterocycles. The van der Waals surface area contributed by atoms with Crippen LogP contribution in [0.5, 0.6) is 17.2 Å². The summed E-state index contributed by atoms with van der Waals surface area (Å²) in [6.07, 6.45) is 1.53. The van der Waals surface area contributed by atoms with E-state index >= 15 is 0 Å². The Labute approximate surface area is 161 Å². The van der Waals surface area contributed by atoms with Gasteiger partial charge in [0.2, 0.25) is 5.75 Å². The number of nitrogens with one attached hydrogen (secondary N) is 2. The van der Waals surface area contributed by atoms with Crippen molar-refractivity contribution < 1.29 is 23.5 Å². The fourth-order valence-electron chi connectivity index (χ4n) is 2.56. The highest BCUT2D eigenvalue weighted by Gasteiger charge is 2.14. The molecule has 0 spiro atoms.